The molecule has 3 aromatic rings. The third kappa shape index (κ3) is 5.00. The molecule has 4 heterocycles. The van der Waals surface area contributed by atoms with E-state index < -0.39 is 0 Å². The molecule has 0 bridgehead atoms. The first-order chi connectivity index (χ1) is 16.8. The molecule has 1 aliphatic rings. The molecule has 9 nitrogen and oxygen atoms in total. The molecular weight excluding hydrogens is 442 g/mol. The van der Waals surface area contributed by atoms with Crippen molar-refractivity contribution in [3.8, 4) is 11.4 Å². The number of anilines is 3. The molecule has 1 fully saturated rings. The molecule has 9 heteroatoms. The van der Waals surface area contributed by atoms with Crippen LogP contribution >= 0.6 is 0 Å². The number of nitrogens with zero attached hydrogens (tertiary/aromatic N) is 6. The molecule has 2 atom stereocenters. The highest BCUT2D eigenvalue weighted by Gasteiger charge is 2.35. The van der Waals surface area contributed by atoms with Crippen LogP contribution in [0.3, 0.4) is 0 Å². The molecule has 0 amide bonds. The molecule has 0 aromatic carbocycles. The van der Waals surface area contributed by atoms with Crippen molar-refractivity contribution in [2.24, 2.45) is 7.05 Å². The van der Waals surface area contributed by atoms with Gasteiger partial charge in [-0.15, -0.1) is 0 Å². The molecule has 0 aliphatic carbocycles. The van der Waals surface area contributed by atoms with E-state index in [0.29, 0.717) is 37.6 Å². The second-order valence-electron chi connectivity index (χ2n) is 9.06. The Hall–Kier alpha value is -3.46. The summed E-state index contributed by atoms with van der Waals surface area (Å²) in [6, 6.07) is 7.83. The van der Waals surface area contributed by atoms with E-state index in [2.05, 4.69) is 20.2 Å². The van der Waals surface area contributed by atoms with Gasteiger partial charge in [-0.05, 0) is 44.0 Å². The largest absolute Gasteiger partial charge is 0.374 e. The predicted octanol–water partition coefficient (Wildman–Crippen LogP) is 2.88. The average Bonchev–Trinajstić information content (AvgIpc) is 3.25. The Morgan fingerprint density at radius 3 is 2.63 bits per heavy atom. The van der Waals surface area contributed by atoms with E-state index in [4.69, 9.17) is 9.72 Å². The number of nitrogens with one attached hydrogen (secondary N) is 1. The van der Waals surface area contributed by atoms with Crippen LogP contribution in [0.2, 0.25) is 0 Å². The van der Waals surface area contributed by atoms with Crippen molar-refractivity contribution in [1.82, 2.24) is 19.5 Å². The lowest BCUT2D eigenvalue weighted by molar-refractivity contribution is 0.0719. The number of aromatic nitrogens is 4. The van der Waals surface area contributed by atoms with Gasteiger partial charge >= 0.3 is 0 Å². The highest BCUT2D eigenvalue weighted by Crippen LogP contribution is 2.26. The first-order valence-electron chi connectivity index (χ1n) is 12.1. The first-order valence-corrected chi connectivity index (χ1v) is 12.1. The molecule has 1 unspecified atom stereocenters. The van der Waals surface area contributed by atoms with Gasteiger partial charge in [0.25, 0.3) is 5.56 Å². The molecule has 0 saturated carbocycles. The van der Waals surface area contributed by atoms with Crippen molar-refractivity contribution in [3.05, 3.63) is 58.3 Å². The minimum atomic E-state index is -0.102. The number of ether oxygens (including phenoxy) is 1. The highest BCUT2D eigenvalue weighted by atomic mass is 16.5. The molecule has 4 rings (SSSR count). The summed E-state index contributed by atoms with van der Waals surface area (Å²) in [7, 11) is 5.68. The lowest BCUT2D eigenvalue weighted by Gasteiger charge is -2.23. The van der Waals surface area contributed by atoms with Crippen LogP contribution < -0.4 is 20.7 Å². The number of hydrogen-bond donors (Lipinski definition) is 1. The quantitative estimate of drug-likeness (QED) is 0.530. The molecule has 186 valence electrons. The fraction of sp³-hybridized carbons (Fsp3) is 0.462. The standard InChI is InChI=1S/C26H35N7O2/c1-7-19-24(29-20-15-33(16-21(20)35-8-2)22-11-9-10-12-27-22)26(34)32(6)25(30-19)18-14-28-23(31(4)5)13-17(18)3/h9-14,20-21,29H,7-8,15-16H2,1-6H3/t20?,21-/m0/s1. The fourth-order valence-corrected chi connectivity index (χ4v) is 4.52. The van der Waals surface area contributed by atoms with Gasteiger partial charge in [-0.2, -0.15) is 0 Å². The normalized spacial score (nSPS) is 17.6. The monoisotopic (exact) mass is 477 g/mol. The Kier molecular flexibility index (Phi) is 7.35. The van der Waals surface area contributed by atoms with Crippen LogP contribution in [0.25, 0.3) is 11.4 Å². The summed E-state index contributed by atoms with van der Waals surface area (Å²) in [6.07, 6.45) is 4.15. The molecular formula is C26H35N7O2. The van der Waals surface area contributed by atoms with Gasteiger partial charge in [0.2, 0.25) is 0 Å². The maximum absolute atomic E-state index is 13.6. The van der Waals surface area contributed by atoms with Crippen LogP contribution in [0.15, 0.2) is 41.5 Å². The summed E-state index contributed by atoms with van der Waals surface area (Å²) in [5.74, 6) is 2.39. The zero-order chi connectivity index (χ0) is 25.1. The van der Waals surface area contributed by atoms with Crippen molar-refractivity contribution >= 4 is 17.3 Å². The Balaban J connectivity index is 1.68. The van der Waals surface area contributed by atoms with E-state index in [1.165, 1.54) is 0 Å². The lowest BCUT2D eigenvalue weighted by Crippen LogP contribution is -2.38. The van der Waals surface area contributed by atoms with Gasteiger partial charge in [0, 0.05) is 58.8 Å². The smallest absolute Gasteiger partial charge is 0.277 e. The maximum Gasteiger partial charge on any atom is 0.277 e. The van der Waals surface area contributed by atoms with Crippen molar-refractivity contribution in [1.29, 1.82) is 0 Å². The zero-order valence-electron chi connectivity index (χ0n) is 21.4. The second-order valence-corrected chi connectivity index (χ2v) is 9.06. The van der Waals surface area contributed by atoms with Crippen molar-refractivity contribution < 1.29 is 4.74 Å². The molecule has 35 heavy (non-hydrogen) atoms. The third-order valence-electron chi connectivity index (χ3n) is 6.45. The van der Waals surface area contributed by atoms with Crippen LogP contribution in [-0.4, -0.2) is 65.5 Å². The average molecular weight is 478 g/mol. The molecule has 3 aromatic heterocycles. The molecule has 0 spiro atoms. The van der Waals surface area contributed by atoms with Crippen molar-refractivity contribution in [3.63, 3.8) is 0 Å². The van der Waals surface area contributed by atoms with Gasteiger partial charge in [-0.1, -0.05) is 13.0 Å². The van der Waals surface area contributed by atoms with Crippen LogP contribution in [0, 0.1) is 6.92 Å². The molecule has 0 radical (unpaired) electrons. The first kappa shape index (κ1) is 24.7. The topological polar surface area (TPSA) is 88.4 Å². The minimum Gasteiger partial charge on any atom is -0.374 e. The van der Waals surface area contributed by atoms with Gasteiger partial charge in [0.15, 0.2) is 0 Å². The SMILES string of the molecule is CCO[C@H]1CN(c2ccccn2)CC1Nc1c(CC)nc(-c2cnc(N(C)C)cc2C)n(C)c1=O. The summed E-state index contributed by atoms with van der Waals surface area (Å²) in [6.45, 7) is 8.02. The molecule has 1 saturated heterocycles. The summed E-state index contributed by atoms with van der Waals surface area (Å²) < 4.78 is 7.66. The van der Waals surface area contributed by atoms with E-state index in [-0.39, 0.29) is 17.7 Å². The number of rotatable bonds is 8. The van der Waals surface area contributed by atoms with Crippen LogP contribution in [0.5, 0.6) is 0 Å². The Morgan fingerprint density at radius 2 is 2.00 bits per heavy atom. The number of pyridine rings is 2. The van der Waals surface area contributed by atoms with Crippen LogP contribution in [0.4, 0.5) is 17.3 Å². The summed E-state index contributed by atoms with van der Waals surface area (Å²) in [5.41, 5.74) is 3.05. The van der Waals surface area contributed by atoms with E-state index in [1.807, 2.05) is 64.0 Å². The van der Waals surface area contributed by atoms with Crippen molar-refractivity contribution in [2.75, 3.05) is 48.9 Å². The van der Waals surface area contributed by atoms with Gasteiger partial charge in [0.1, 0.15) is 23.1 Å². The van der Waals surface area contributed by atoms with E-state index in [9.17, 15) is 4.79 Å². The summed E-state index contributed by atoms with van der Waals surface area (Å²) >= 11 is 0. The van der Waals surface area contributed by atoms with Crippen LogP contribution in [0.1, 0.15) is 25.1 Å². The van der Waals surface area contributed by atoms with E-state index in [1.54, 1.807) is 24.0 Å². The summed E-state index contributed by atoms with van der Waals surface area (Å²) in [5, 5.41) is 3.51. The highest BCUT2D eigenvalue weighted by molar-refractivity contribution is 5.64. The van der Waals surface area contributed by atoms with E-state index >= 15 is 0 Å². The Labute approximate surface area is 206 Å². The maximum atomic E-state index is 13.6. The lowest BCUT2D eigenvalue weighted by atomic mass is 10.1. The van der Waals surface area contributed by atoms with Gasteiger partial charge in [-0.3, -0.25) is 9.36 Å². The van der Waals surface area contributed by atoms with Crippen LogP contribution in [-0.2, 0) is 18.2 Å². The second kappa shape index (κ2) is 10.4. The number of aryl methyl sites for hydroxylation is 2. The predicted molar refractivity (Wildman–Crippen MR) is 140 cm³/mol. The summed E-state index contributed by atoms with van der Waals surface area (Å²) in [4.78, 5) is 31.7. The number of hydrogen-bond acceptors (Lipinski definition) is 8. The van der Waals surface area contributed by atoms with Gasteiger partial charge in [0.05, 0.1) is 17.8 Å². The Bertz CT molecular complexity index is 1230. The Morgan fingerprint density at radius 1 is 1.20 bits per heavy atom. The zero-order valence-corrected chi connectivity index (χ0v) is 21.4. The van der Waals surface area contributed by atoms with E-state index in [0.717, 1.165) is 28.5 Å². The molecule has 1 aliphatic heterocycles. The van der Waals surface area contributed by atoms with Gasteiger partial charge in [-0.25, -0.2) is 15.0 Å². The minimum absolute atomic E-state index is 0.0645. The third-order valence-corrected chi connectivity index (χ3v) is 6.45. The molecule has 1 N–H and O–H groups in total. The van der Waals surface area contributed by atoms with Gasteiger partial charge < -0.3 is 19.9 Å². The fourth-order valence-electron chi connectivity index (χ4n) is 4.52. The van der Waals surface area contributed by atoms with Crippen molar-refractivity contribution in [2.45, 2.75) is 39.3 Å².